The fraction of sp³-hybridized carbons (Fsp3) is 0.0857. The third-order valence-corrected chi connectivity index (χ3v) is 16.2. The third-order valence-electron chi connectivity index (χ3n) is 16.2. The highest BCUT2D eigenvalue weighted by Gasteiger charge is 2.38. The first kappa shape index (κ1) is 42.2. The van der Waals surface area contributed by atoms with Crippen LogP contribution in [0.5, 0.6) is 0 Å². The molecule has 12 aromatic rings. The summed E-state index contributed by atoms with van der Waals surface area (Å²) >= 11 is 0. The number of anilines is 6. The molecule has 2 aliphatic rings. The third kappa shape index (κ3) is 6.28. The Morgan fingerprint density at radius 3 is 1.15 bits per heavy atom. The molecule has 2 heteroatoms. The quantitative estimate of drug-likeness (QED) is 0.159. The summed E-state index contributed by atoms with van der Waals surface area (Å²) in [4.78, 5) is 5.01. The van der Waals surface area contributed by atoms with Gasteiger partial charge in [0.2, 0.25) is 0 Å². The fourth-order valence-corrected chi connectivity index (χ4v) is 12.6. The number of hydrogen-bond acceptors (Lipinski definition) is 2. The topological polar surface area (TPSA) is 6.48 Å². The van der Waals surface area contributed by atoms with Crippen molar-refractivity contribution in [1.29, 1.82) is 0 Å². The molecule has 0 bridgehead atoms. The zero-order valence-corrected chi connectivity index (χ0v) is 41.0. The average Bonchev–Trinajstić information content (AvgIpc) is 3.42. The van der Waals surface area contributed by atoms with Gasteiger partial charge in [-0.25, -0.2) is 0 Å². The van der Waals surface area contributed by atoms with E-state index in [0.29, 0.717) is 0 Å². The summed E-state index contributed by atoms with van der Waals surface area (Å²) in [5, 5.41) is 9.72. The van der Waals surface area contributed by atoms with Crippen LogP contribution in [0.15, 0.2) is 243 Å². The van der Waals surface area contributed by atoms with Gasteiger partial charge in [-0.1, -0.05) is 204 Å². The van der Waals surface area contributed by atoms with Crippen molar-refractivity contribution in [3.05, 3.63) is 265 Å². The van der Waals surface area contributed by atoms with Crippen molar-refractivity contribution in [2.45, 2.75) is 38.5 Å². The van der Waals surface area contributed by atoms with Crippen LogP contribution in [0, 0.1) is 0 Å². The van der Waals surface area contributed by atoms with Gasteiger partial charge in [0.25, 0.3) is 0 Å². The van der Waals surface area contributed by atoms with E-state index in [-0.39, 0.29) is 10.8 Å². The minimum absolute atomic E-state index is 0.174. The first-order valence-electron chi connectivity index (χ1n) is 25.3. The molecule has 0 spiro atoms. The molecule has 0 saturated heterocycles. The Hall–Kier alpha value is -8.72. The summed E-state index contributed by atoms with van der Waals surface area (Å²) in [7, 11) is 0. The molecule has 2 nitrogen and oxygen atoms in total. The van der Waals surface area contributed by atoms with Crippen LogP contribution < -0.4 is 9.80 Å². The van der Waals surface area contributed by atoms with Gasteiger partial charge in [0.1, 0.15) is 0 Å². The van der Waals surface area contributed by atoms with Crippen LogP contribution in [0.1, 0.15) is 49.9 Å². The number of benzene rings is 12. The molecule has 0 aromatic heterocycles. The second kappa shape index (κ2) is 15.9. The smallest absolute Gasteiger partial charge is 0.0502 e. The lowest BCUT2D eigenvalue weighted by molar-refractivity contribution is 0.632. The molecule has 342 valence electrons. The highest BCUT2D eigenvalue weighted by Crippen LogP contribution is 2.56. The number of nitrogens with zero attached hydrogens (tertiary/aromatic N) is 2. The summed E-state index contributed by atoms with van der Waals surface area (Å²) in [5.41, 5.74) is 19.3. The van der Waals surface area contributed by atoms with Gasteiger partial charge < -0.3 is 9.80 Å². The van der Waals surface area contributed by atoms with Crippen molar-refractivity contribution in [1.82, 2.24) is 0 Å². The first-order chi connectivity index (χ1) is 35.2. The molecular formula is C70H52N2. The van der Waals surface area contributed by atoms with Crippen LogP contribution >= 0.6 is 0 Å². The van der Waals surface area contributed by atoms with Gasteiger partial charge >= 0.3 is 0 Å². The summed E-state index contributed by atoms with van der Waals surface area (Å²) in [5.74, 6) is 0. The van der Waals surface area contributed by atoms with Gasteiger partial charge in [-0.15, -0.1) is 0 Å². The second-order valence-electron chi connectivity index (χ2n) is 20.9. The predicted molar refractivity (Wildman–Crippen MR) is 306 cm³/mol. The molecule has 0 atom stereocenters. The summed E-state index contributed by atoms with van der Waals surface area (Å²) < 4.78 is 0. The van der Waals surface area contributed by atoms with Crippen LogP contribution in [-0.2, 0) is 10.8 Å². The maximum atomic E-state index is 2.51. The van der Waals surface area contributed by atoms with E-state index in [2.05, 4.69) is 280 Å². The minimum atomic E-state index is -0.177. The van der Waals surface area contributed by atoms with E-state index in [1.807, 2.05) is 0 Å². The molecule has 0 amide bonds. The Labute approximate surface area is 421 Å². The molecule has 2 heterocycles. The lowest BCUT2D eigenvalue weighted by Crippen LogP contribution is -2.30. The van der Waals surface area contributed by atoms with Crippen LogP contribution in [0.25, 0.3) is 76.5 Å². The van der Waals surface area contributed by atoms with Crippen LogP contribution in [0.3, 0.4) is 0 Å². The second-order valence-corrected chi connectivity index (χ2v) is 20.9. The molecule has 12 aromatic carbocycles. The highest BCUT2D eigenvalue weighted by atomic mass is 15.2. The van der Waals surface area contributed by atoms with E-state index in [1.165, 1.54) is 121 Å². The molecule has 0 radical (unpaired) electrons. The highest BCUT2D eigenvalue weighted by molar-refractivity contribution is 6.24. The van der Waals surface area contributed by atoms with Crippen LogP contribution in [-0.4, -0.2) is 0 Å². The van der Waals surface area contributed by atoms with Crippen molar-refractivity contribution < 1.29 is 0 Å². The maximum Gasteiger partial charge on any atom is 0.0502 e. The summed E-state index contributed by atoms with van der Waals surface area (Å²) in [6, 6.07) is 91.0. The van der Waals surface area contributed by atoms with E-state index in [9.17, 15) is 0 Å². The Bertz CT molecular complexity index is 4080. The molecule has 0 saturated carbocycles. The van der Waals surface area contributed by atoms with Crippen molar-refractivity contribution >= 4 is 77.2 Å². The van der Waals surface area contributed by atoms with E-state index < -0.39 is 0 Å². The SMILES string of the molecule is CC1(C)c2ccccc2N(c2ccc3c(-c4cc5ccccc5cc4-c4ccccc4)c4cc(N5c6ccccc6C(C)(C)c6ccccc65)ccc4c(-c4ccc5ccccc5c4)c3c2)c2ccccc21. The van der Waals surface area contributed by atoms with Crippen LogP contribution in [0.4, 0.5) is 34.1 Å². The Morgan fingerprint density at radius 1 is 0.264 bits per heavy atom. The number of para-hydroxylation sites is 4. The molecule has 72 heavy (non-hydrogen) atoms. The van der Waals surface area contributed by atoms with Gasteiger partial charge in [-0.05, 0) is 165 Å². The van der Waals surface area contributed by atoms with Gasteiger partial charge in [-0.2, -0.15) is 0 Å². The Kier molecular flexibility index (Phi) is 9.32. The summed E-state index contributed by atoms with van der Waals surface area (Å²) in [6.45, 7) is 9.46. The fourth-order valence-electron chi connectivity index (χ4n) is 12.6. The number of hydrogen-bond donors (Lipinski definition) is 0. The van der Waals surface area contributed by atoms with E-state index in [4.69, 9.17) is 0 Å². The normalized spacial score (nSPS) is 14.3. The molecule has 0 unspecified atom stereocenters. The van der Waals surface area contributed by atoms with Crippen molar-refractivity contribution in [3.63, 3.8) is 0 Å². The molecule has 0 fully saturated rings. The standard InChI is InChI=1S/C70H52N2/c1-69(2)59-26-12-16-30-63(59)71(64-31-17-13-27-60(64)69)51-37-39-54-57(43-51)67(50-35-34-45-20-8-9-23-47(45)40-50)53-38-36-52(72-65-32-18-14-28-61(65)70(3,4)62-29-15-19-33-66(62)72)44-58(53)68(54)56-42-49-25-11-10-24-48(49)41-55(56)46-21-6-5-7-22-46/h5-44H,1-4H3. The Morgan fingerprint density at radius 2 is 0.653 bits per heavy atom. The van der Waals surface area contributed by atoms with Crippen molar-refractivity contribution in [2.24, 2.45) is 0 Å². The van der Waals surface area contributed by atoms with E-state index in [0.717, 1.165) is 11.4 Å². The average molecular weight is 921 g/mol. The first-order valence-corrected chi connectivity index (χ1v) is 25.3. The molecule has 0 aliphatic carbocycles. The zero-order chi connectivity index (χ0) is 48.3. The van der Waals surface area contributed by atoms with Gasteiger partial charge in [0, 0.05) is 22.2 Å². The molecule has 0 N–H and O–H groups in total. The zero-order valence-electron chi connectivity index (χ0n) is 41.0. The van der Waals surface area contributed by atoms with Crippen molar-refractivity contribution in [3.8, 4) is 33.4 Å². The van der Waals surface area contributed by atoms with Gasteiger partial charge in [-0.3, -0.25) is 0 Å². The summed E-state index contributed by atoms with van der Waals surface area (Å²) in [6.07, 6.45) is 0. The molecular weight excluding hydrogens is 869 g/mol. The maximum absolute atomic E-state index is 2.51. The lowest BCUT2D eigenvalue weighted by atomic mass is 9.73. The molecule has 2 aliphatic heterocycles. The van der Waals surface area contributed by atoms with E-state index in [1.54, 1.807) is 0 Å². The van der Waals surface area contributed by atoms with Crippen LogP contribution in [0.2, 0.25) is 0 Å². The van der Waals surface area contributed by atoms with Gasteiger partial charge in [0.15, 0.2) is 0 Å². The number of fused-ring (bicyclic) bond motifs is 8. The molecule has 14 rings (SSSR count). The number of rotatable bonds is 5. The van der Waals surface area contributed by atoms with E-state index >= 15 is 0 Å². The largest absolute Gasteiger partial charge is 0.310 e. The lowest BCUT2D eigenvalue weighted by Gasteiger charge is -2.42. The van der Waals surface area contributed by atoms with Crippen molar-refractivity contribution in [2.75, 3.05) is 9.80 Å². The monoisotopic (exact) mass is 920 g/mol. The minimum Gasteiger partial charge on any atom is -0.310 e. The Balaban J connectivity index is 1.14. The predicted octanol–water partition coefficient (Wildman–Crippen LogP) is 19.5. The van der Waals surface area contributed by atoms with Gasteiger partial charge in [0.05, 0.1) is 22.7 Å².